The number of benzene rings is 3. The van der Waals surface area contributed by atoms with Gasteiger partial charge in [0.05, 0.1) is 4.92 Å². The zero-order valence-corrected chi connectivity index (χ0v) is 16.9. The van der Waals surface area contributed by atoms with Gasteiger partial charge in [-0.15, -0.1) is 0 Å². The highest BCUT2D eigenvalue weighted by Gasteiger charge is 2.18. The predicted octanol–water partition coefficient (Wildman–Crippen LogP) is 5.44. The van der Waals surface area contributed by atoms with E-state index in [0.29, 0.717) is 5.69 Å². The van der Waals surface area contributed by atoms with E-state index < -0.39 is 7.92 Å². The van der Waals surface area contributed by atoms with Crippen molar-refractivity contribution in [1.29, 1.82) is 0 Å². The molecular formula is C23H25N2O2P. The average molecular weight is 392 g/mol. The molecule has 0 atom stereocenters. The Hall–Kier alpha value is -2.71. The molecule has 0 aliphatic rings. The van der Waals surface area contributed by atoms with Crippen molar-refractivity contribution in [3.63, 3.8) is 0 Å². The summed E-state index contributed by atoms with van der Waals surface area (Å²) in [7, 11) is -0.625. The summed E-state index contributed by atoms with van der Waals surface area (Å²) in [5, 5.41) is 17.4. The van der Waals surface area contributed by atoms with Gasteiger partial charge in [-0.05, 0) is 36.6 Å². The number of anilines is 1. The van der Waals surface area contributed by atoms with Crippen LogP contribution in [-0.2, 0) is 6.16 Å². The van der Waals surface area contributed by atoms with E-state index in [2.05, 4.69) is 60.8 Å². The summed E-state index contributed by atoms with van der Waals surface area (Å²) in [5.41, 5.74) is 1.75. The molecular weight excluding hydrogens is 367 g/mol. The largest absolute Gasteiger partial charge is 0.379 e. The zero-order chi connectivity index (χ0) is 19.8. The second kappa shape index (κ2) is 10.0. The standard InChI is InChI=1S/C23H25N2O2P/c1-2-3-16-24-22-15-14-19(17-23(22)25(26)27)18-28(20-10-6-4-7-11-20)21-12-8-5-9-13-21/h4-15,17,24H,2-3,16,18H2,1H3. The first kappa shape index (κ1) is 20.0. The number of hydrogen-bond donors (Lipinski definition) is 1. The Morgan fingerprint density at radius 3 is 2.07 bits per heavy atom. The molecule has 0 spiro atoms. The second-order valence-corrected chi connectivity index (χ2v) is 8.85. The van der Waals surface area contributed by atoms with Crippen LogP contribution >= 0.6 is 7.92 Å². The highest BCUT2D eigenvalue weighted by atomic mass is 31.1. The summed E-state index contributed by atoms with van der Waals surface area (Å²) in [6.07, 6.45) is 2.82. The van der Waals surface area contributed by atoms with E-state index in [-0.39, 0.29) is 10.6 Å². The summed E-state index contributed by atoms with van der Waals surface area (Å²) in [6, 6.07) is 26.4. The lowest BCUT2D eigenvalue weighted by atomic mass is 10.2. The Balaban J connectivity index is 1.90. The highest BCUT2D eigenvalue weighted by molar-refractivity contribution is 7.72. The van der Waals surface area contributed by atoms with Crippen molar-refractivity contribution in [1.82, 2.24) is 0 Å². The van der Waals surface area contributed by atoms with Gasteiger partial charge in [0.1, 0.15) is 5.69 Å². The summed E-state index contributed by atoms with van der Waals surface area (Å²) in [5.74, 6) is 0. The van der Waals surface area contributed by atoms with Gasteiger partial charge >= 0.3 is 0 Å². The van der Waals surface area contributed by atoms with Gasteiger partial charge in [0.15, 0.2) is 0 Å². The Bertz CT molecular complexity index is 861. The van der Waals surface area contributed by atoms with Crippen LogP contribution in [0.15, 0.2) is 78.9 Å². The van der Waals surface area contributed by atoms with Crippen LogP contribution < -0.4 is 15.9 Å². The van der Waals surface area contributed by atoms with E-state index in [4.69, 9.17) is 0 Å². The molecule has 0 heterocycles. The molecule has 0 aromatic heterocycles. The summed E-state index contributed by atoms with van der Waals surface area (Å²) in [4.78, 5) is 11.3. The molecule has 0 aliphatic heterocycles. The Morgan fingerprint density at radius 1 is 0.929 bits per heavy atom. The maximum absolute atomic E-state index is 11.6. The van der Waals surface area contributed by atoms with Gasteiger partial charge in [-0.1, -0.05) is 80.1 Å². The lowest BCUT2D eigenvalue weighted by Crippen LogP contribution is -2.13. The van der Waals surface area contributed by atoms with Gasteiger partial charge in [-0.3, -0.25) is 10.1 Å². The van der Waals surface area contributed by atoms with Gasteiger partial charge in [0.25, 0.3) is 5.69 Å². The summed E-state index contributed by atoms with van der Waals surface area (Å²) < 4.78 is 0. The van der Waals surface area contributed by atoms with Crippen LogP contribution in [0.25, 0.3) is 0 Å². The fraction of sp³-hybridized carbons (Fsp3) is 0.217. The average Bonchev–Trinajstić information content (AvgIpc) is 2.74. The summed E-state index contributed by atoms with van der Waals surface area (Å²) in [6.45, 7) is 2.85. The second-order valence-electron chi connectivity index (χ2n) is 6.65. The van der Waals surface area contributed by atoms with E-state index in [9.17, 15) is 10.1 Å². The topological polar surface area (TPSA) is 55.2 Å². The third kappa shape index (κ3) is 5.17. The quantitative estimate of drug-likeness (QED) is 0.228. The van der Waals surface area contributed by atoms with E-state index >= 15 is 0 Å². The number of nitrogens with one attached hydrogen (secondary N) is 1. The molecule has 1 N–H and O–H groups in total. The minimum Gasteiger partial charge on any atom is -0.379 e. The van der Waals surface area contributed by atoms with Crippen molar-refractivity contribution >= 4 is 29.9 Å². The molecule has 0 saturated carbocycles. The van der Waals surface area contributed by atoms with Crippen molar-refractivity contribution in [2.75, 3.05) is 11.9 Å². The lowest BCUT2D eigenvalue weighted by Gasteiger charge is -2.19. The van der Waals surface area contributed by atoms with Crippen molar-refractivity contribution in [2.24, 2.45) is 0 Å². The Morgan fingerprint density at radius 2 is 1.54 bits per heavy atom. The van der Waals surface area contributed by atoms with Gasteiger partial charge in [-0.2, -0.15) is 0 Å². The third-order valence-electron chi connectivity index (χ3n) is 4.58. The first-order chi connectivity index (χ1) is 13.7. The van der Waals surface area contributed by atoms with Crippen LogP contribution in [-0.4, -0.2) is 11.5 Å². The molecule has 0 radical (unpaired) electrons. The smallest absolute Gasteiger partial charge is 0.292 e. The van der Waals surface area contributed by atoms with E-state index in [1.807, 2.05) is 24.3 Å². The van der Waals surface area contributed by atoms with E-state index in [0.717, 1.165) is 31.1 Å². The number of nitrogens with zero attached hydrogens (tertiary/aromatic N) is 1. The molecule has 3 aromatic carbocycles. The van der Waals surface area contributed by atoms with Gasteiger partial charge < -0.3 is 5.32 Å². The molecule has 5 heteroatoms. The normalized spacial score (nSPS) is 10.8. The molecule has 0 bridgehead atoms. The first-order valence-electron chi connectivity index (χ1n) is 9.58. The third-order valence-corrected chi connectivity index (χ3v) is 7.11. The van der Waals surface area contributed by atoms with Crippen molar-refractivity contribution in [3.05, 3.63) is 94.5 Å². The van der Waals surface area contributed by atoms with Crippen LogP contribution in [0.5, 0.6) is 0 Å². The maximum Gasteiger partial charge on any atom is 0.292 e. The Kier molecular flexibility index (Phi) is 7.16. The predicted molar refractivity (Wildman–Crippen MR) is 119 cm³/mol. The number of unbranched alkanes of at least 4 members (excludes halogenated alkanes) is 1. The number of nitro benzene ring substituents is 1. The SMILES string of the molecule is CCCCNc1ccc(CP(c2ccccc2)c2ccccc2)cc1[N+](=O)[O-]. The molecule has 3 aromatic rings. The van der Waals surface area contributed by atoms with Crippen LogP contribution in [0.4, 0.5) is 11.4 Å². The van der Waals surface area contributed by atoms with E-state index in [1.165, 1.54) is 10.6 Å². The zero-order valence-electron chi connectivity index (χ0n) is 16.0. The molecule has 3 rings (SSSR count). The van der Waals surface area contributed by atoms with Crippen molar-refractivity contribution < 1.29 is 4.92 Å². The fourth-order valence-electron chi connectivity index (χ4n) is 3.11. The number of nitro groups is 1. The van der Waals surface area contributed by atoms with Gasteiger partial charge in [-0.25, -0.2) is 0 Å². The summed E-state index contributed by atoms with van der Waals surface area (Å²) >= 11 is 0. The van der Waals surface area contributed by atoms with Crippen molar-refractivity contribution in [3.8, 4) is 0 Å². The number of hydrogen-bond acceptors (Lipinski definition) is 3. The molecule has 28 heavy (non-hydrogen) atoms. The van der Waals surface area contributed by atoms with E-state index in [1.54, 1.807) is 6.07 Å². The fourth-order valence-corrected chi connectivity index (χ4v) is 5.40. The van der Waals surface area contributed by atoms with Crippen LogP contribution in [0.1, 0.15) is 25.3 Å². The van der Waals surface area contributed by atoms with Crippen LogP contribution in [0.2, 0.25) is 0 Å². The van der Waals surface area contributed by atoms with Crippen molar-refractivity contribution in [2.45, 2.75) is 25.9 Å². The molecule has 4 nitrogen and oxygen atoms in total. The number of rotatable bonds is 9. The molecule has 0 amide bonds. The highest BCUT2D eigenvalue weighted by Crippen LogP contribution is 2.39. The molecule has 144 valence electrons. The van der Waals surface area contributed by atoms with Crippen LogP contribution in [0.3, 0.4) is 0 Å². The first-order valence-corrected chi connectivity index (χ1v) is 11.1. The monoisotopic (exact) mass is 392 g/mol. The molecule has 0 unspecified atom stereocenters. The minimum absolute atomic E-state index is 0.157. The molecule has 0 fully saturated rings. The molecule has 0 aliphatic carbocycles. The molecule has 0 saturated heterocycles. The Labute approximate surface area is 167 Å². The van der Waals surface area contributed by atoms with Gasteiger partial charge in [0.2, 0.25) is 0 Å². The van der Waals surface area contributed by atoms with Gasteiger partial charge in [0, 0.05) is 18.8 Å². The maximum atomic E-state index is 11.6. The lowest BCUT2D eigenvalue weighted by molar-refractivity contribution is -0.384. The minimum atomic E-state index is -0.625. The van der Waals surface area contributed by atoms with Crippen LogP contribution in [0, 0.1) is 10.1 Å².